The molecule has 0 radical (unpaired) electrons. The maximum atomic E-state index is 11.3. The summed E-state index contributed by atoms with van der Waals surface area (Å²) in [6.07, 6.45) is 2.99. The maximum absolute atomic E-state index is 11.3. The Morgan fingerprint density at radius 1 is 1.56 bits per heavy atom. The lowest BCUT2D eigenvalue weighted by molar-refractivity contribution is 0.0993. The van der Waals surface area contributed by atoms with Gasteiger partial charge in [-0.2, -0.15) is 5.10 Å². The topological polar surface area (TPSA) is 60.9 Å². The second-order valence-corrected chi connectivity index (χ2v) is 5.29. The SMILES string of the molecule is CCn1nc(C(N)=O)c2c1CC(C)(C)CC2. The molecule has 0 saturated carbocycles. The maximum Gasteiger partial charge on any atom is 0.269 e. The number of carbonyl (C=O) groups excluding carboxylic acids is 1. The van der Waals surface area contributed by atoms with Crippen molar-refractivity contribution in [2.45, 2.75) is 46.6 Å². The van der Waals surface area contributed by atoms with Gasteiger partial charge in [-0.3, -0.25) is 9.48 Å². The van der Waals surface area contributed by atoms with E-state index in [0.717, 1.165) is 31.4 Å². The van der Waals surface area contributed by atoms with Crippen LogP contribution in [-0.2, 0) is 19.4 Å². The molecule has 0 fully saturated rings. The van der Waals surface area contributed by atoms with E-state index in [1.807, 2.05) is 11.6 Å². The highest BCUT2D eigenvalue weighted by molar-refractivity contribution is 5.92. The van der Waals surface area contributed by atoms with Gasteiger partial charge in [-0.05, 0) is 31.6 Å². The monoisotopic (exact) mass is 221 g/mol. The van der Waals surface area contributed by atoms with Crippen LogP contribution < -0.4 is 5.73 Å². The van der Waals surface area contributed by atoms with Gasteiger partial charge in [0.15, 0.2) is 5.69 Å². The lowest BCUT2D eigenvalue weighted by Gasteiger charge is -2.30. The second kappa shape index (κ2) is 3.61. The summed E-state index contributed by atoms with van der Waals surface area (Å²) >= 11 is 0. The molecule has 1 aromatic rings. The Hall–Kier alpha value is -1.32. The highest BCUT2D eigenvalue weighted by Crippen LogP contribution is 2.35. The van der Waals surface area contributed by atoms with Crippen LogP contribution in [0.25, 0.3) is 0 Å². The quantitative estimate of drug-likeness (QED) is 0.823. The van der Waals surface area contributed by atoms with Gasteiger partial charge in [0.2, 0.25) is 0 Å². The molecule has 1 aromatic heterocycles. The Morgan fingerprint density at radius 2 is 2.25 bits per heavy atom. The van der Waals surface area contributed by atoms with Crippen LogP contribution >= 0.6 is 0 Å². The number of aromatic nitrogens is 2. The lowest BCUT2D eigenvalue weighted by Crippen LogP contribution is -2.24. The molecule has 0 unspecified atom stereocenters. The van der Waals surface area contributed by atoms with Gasteiger partial charge in [0, 0.05) is 17.8 Å². The predicted octanol–water partition coefficient (Wildman–Crippen LogP) is 1.52. The second-order valence-electron chi connectivity index (χ2n) is 5.29. The highest BCUT2D eigenvalue weighted by Gasteiger charge is 2.31. The van der Waals surface area contributed by atoms with E-state index in [4.69, 9.17) is 5.73 Å². The number of nitrogens with zero attached hydrogens (tertiary/aromatic N) is 2. The van der Waals surface area contributed by atoms with E-state index in [0.29, 0.717) is 11.1 Å². The summed E-state index contributed by atoms with van der Waals surface area (Å²) in [5.41, 5.74) is 8.42. The van der Waals surface area contributed by atoms with Gasteiger partial charge in [-0.25, -0.2) is 0 Å². The first kappa shape index (κ1) is 11.2. The van der Waals surface area contributed by atoms with Crippen LogP contribution in [0.2, 0.25) is 0 Å². The van der Waals surface area contributed by atoms with Crippen LogP contribution in [0.4, 0.5) is 0 Å². The summed E-state index contributed by atoms with van der Waals surface area (Å²) in [5.74, 6) is -0.400. The summed E-state index contributed by atoms with van der Waals surface area (Å²) in [5, 5.41) is 4.32. The molecule has 2 N–H and O–H groups in total. The van der Waals surface area contributed by atoms with Gasteiger partial charge in [0.25, 0.3) is 5.91 Å². The van der Waals surface area contributed by atoms with Gasteiger partial charge < -0.3 is 5.73 Å². The summed E-state index contributed by atoms with van der Waals surface area (Å²) < 4.78 is 1.93. The van der Waals surface area contributed by atoms with Crippen molar-refractivity contribution in [2.24, 2.45) is 11.1 Å². The molecule has 16 heavy (non-hydrogen) atoms. The van der Waals surface area contributed by atoms with Crippen molar-refractivity contribution in [3.8, 4) is 0 Å². The Labute approximate surface area is 95.8 Å². The highest BCUT2D eigenvalue weighted by atomic mass is 16.1. The Morgan fingerprint density at radius 3 is 2.81 bits per heavy atom. The minimum atomic E-state index is -0.400. The van der Waals surface area contributed by atoms with E-state index in [2.05, 4.69) is 18.9 Å². The fourth-order valence-corrected chi connectivity index (χ4v) is 2.46. The molecule has 2 rings (SSSR count). The summed E-state index contributed by atoms with van der Waals surface area (Å²) in [6, 6.07) is 0. The van der Waals surface area contributed by atoms with Crippen LogP contribution in [0.5, 0.6) is 0 Å². The first-order valence-corrected chi connectivity index (χ1v) is 5.83. The third-order valence-corrected chi connectivity index (χ3v) is 3.40. The van der Waals surface area contributed by atoms with Crippen LogP contribution in [0.3, 0.4) is 0 Å². The first-order chi connectivity index (χ1) is 7.44. The van der Waals surface area contributed by atoms with Gasteiger partial charge in [0.05, 0.1) is 0 Å². The zero-order valence-electron chi connectivity index (χ0n) is 10.2. The minimum Gasteiger partial charge on any atom is -0.364 e. The first-order valence-electron chi connectivity index (χ1n) is 5.83. The standard InChI is InChI=1S/C12H19N3O/c1-4-15-9-7-12(2,3)6-5-8(9)10(14-15)11(13)16/h4-7H2,1-3H3,(H2,13,16). The molecule has 1 amide bonds. The van der Waals surface area contributed by atoms with Crippen LogP contribution in [-0.4, -0.2) is 15.7 Å². The number of fused-ring (bicyclic) bond motifs is 1. The lowest BCUT2D eigenvalue weighted by atomic mass is 9.76. The van der Waals surface area contributed by atoms with Gasteiger partial charge in [-0.15, -0.1) is 0 Å². The molecule has 88 valence electrons. The smallest absolute Gasteiger partial charge is 0.269 e. The number of aryl methyl sites for hydroxylation is 1. The average Bonchev–Trinajstić information content (AvgIpc) is 2.54. The fraction of sp³-hybridized carbons (Fsp3) is 0.667. The van der Waals surface area contributed by atoms with E-state index < -0.39 is 5.91 Å². The molecule has 0 saturated heterocycles. The van der Waals surface area contributed by atoms with Gasteiger partial charge in [-0.1, -0.05) is 13.8 Å². The molecule has 0 spiro atoms. The van der Waals surface area contributed by atoms with Crippen molar-refractivity contribution in [1.82, 2.24) is 9.78 Å². The molecule has 4 nitrogen and oxygen atoms in total. The Bertz CT molecular complexity index is 432. The van der Waals surface area contributed by atoms with Crippen molar-refractivity contribution in [2.75, 3.05) is 0 Å². The third kappa shape index (κ3) is 1.72. The van der Waals surface area contributed by atoms with E-state index >= 15 is 0 Å². The number of amides is 1. The van der Waals surface area contributed by atoms with Crippen molar-refractivity contribution >= 4 is 5.91 Å². The van der Waals surface area contributed by atoms with E-state index in [-0.39, 0.29) is 0 Å². The molecule has 1 heterocycles. The Kier molecular flexibility index (Phi) is 2.52. The summed E-state index contributed by atoms with van der Waals surface area (Å²) in [4.78, 5) is 11.3. The average molecular weight is 221 g/mol. The van der Waals surface area contributed by atoms with E-state index in [1.165, 1.54) is 5.69 Å². The van der Waals surface area contributed by atoms with E-state index in [1.54, 1.807) is 0 Å². The molecule has 0 bridgehead atoms. The fourth-order valence-electron chi connectivity index (χ4n) is 2.46. The minimum absolute atomic E-state index is 0.300. The number of hydrogen-bond donors (Lipinski definition) is 1. The molecule has 1 aliphatic rings. The largest absolute Gasteiger partial charge is 0.364 e. The third-order valence-electron chi connectivity index (χ3n) is 3.40. The van der Waals surface area contributed by atoms with Crippen molar-refractivity contribution in [3.05, 3.63) is 17.0 Å². The number of primary amides is 1. The zero-order chi connectivity index (χ0) is 11.9. The zero-order valence-corrected chi connectivity index (χ0v) is 10.2. The number of hydrogen-bond acceptors (Lipinski definition) is 2. The van der Waals surface area contributed by atoms with Gasteiger partial charge in [0.1, 0.15) is 0 Å². The van der Waals surface area contributed by atoms with Gasteiger partial charge >= 0.3 is 0 Å². The van der Waals surface area contributed by atoms with E-state index in [9.17, 15) is 4.79 Å². The van der Waals surface area contributed by atoms with Crippen molar-refractivity contribution < 1.29 is 4.79 Å². The number of nitrogens with two attached hydrogens (primary N) is 1. The molecule has 0 atom stereocenters. The van der Waals surface area contributed by atoms with Crippen LogP contribution in [0.15, 0.2) is 0 Å². The number of carbonyl (C=O) groups is 1. The normalized spacial score (nSPS) is 18.2. The Balaban J connectivity index is 2.50. The van der Waals surface area contributed by atoms with Crippen LogP contribution in [0, 0.1) is 5.41 Å². The summed E-state index contributed by atoms with van der Waals surface area (Å²) in [7, 11) is 0. The molecule has 0 aliphatic heterocycles. The molecule has 0 aromatic carbocycles. The summed E-state index contributed by atoms with van der Waals surface area (Å²) in [6.45, 7) is 7.35. The van der Waals surface area contributed by atoms with Crippen LogP contribution in [0.1, 0.15) is 48.9 Å². The molecule has 1 aliphatic carbocycles. The molecular weight excluding hydrogens is 202 g/mol. The molecule has 4 heteroatoms. The van der Waals surface area contributed by atoms with Crippen molar-refractivity contribution in [3.63, 3.8) is 0 Å². The number of rotatable bonds is 2. The van der Waals surface area contributed by atoms with Crippen molar-refractivity contribution in [1.29, 1.82) is 0 Å². The predicted molar refractivity (Wildman–Crippen MR) is 62.2 cm³/mol. The molecular formula is C12H19N3O.